The molecule has 0 aliphatic carbocycles. The van der Waals surface area contributed by atoms with Crippen molar-refractivity contribution in [3.8, 4) is 10.8 Å². The van der Waals surface area contributed by atoms with E-state index in [2.05, 4.69) is 32.0 Å². The molecular weight excluding hydrogens is 270 g/mol. The standard InChI is InChI=1S/C8H10BrNO3S/c9-4-3-8(11)10-7-2-1-5-14(12,13)6-7/h7H,1-2,5-6H2,(H,10,11). The molecule has 1 aliphatic heterocycles. The Morgan fingerprint density at radius 1 is 1.50 bits per heavy atom. The fourth-order valence-corrected chi connectivity index (χ4v) is 3.22. The van der Waals surface area contributed by atoms with E-state index in [1.54, 1.807) is 0 Å². The van der Waals surface area contributed by atoms with E-state index in [1.165, 1.54) is 0 Å². The number of carbonyl (C=O) groups excluding carboxylic acids is 1. The molecule has 1 fully saturated rings. The third-order valence-corrected chi connectivity index (χ3v) is 3.98. The van der Waals surface area contributed by atoms with Crippen LogP contribution in [0.15, 0.2) is 0 Å². The summed E-state index contributed by atoms with van der Waals surface area (Å²) in [4.78, 5) is 13.3. The maximum Gasteiger partial charge on any atom is 0.297 e. The summed E-state index contributed by atoms with van der Waals surface area (Å²) in [5, 5.41) is 2.55. The SMILES string of the molecule is O=C(C#CBr)NC1CCCS(=O)(=O)C1. The smallest absolute Gasteiger partial charge is 0.297 e. The molecule has 78 valence electrons. The highest BCUT2D eigenvalue weighted by Crippen LogP contribution is 2.11. The zero-order valence-corrected chi connectivity index (χ0v) is 9.82. The largest absolute Gasteiger partial charge is 0.341 e. The van der Waals surface area contributed by atoms with Gasteiger partial charge in [0.2, 0.25) is 0 Å². The Bertz CT molecular complexity index is 379. The first-order chi connectivity index (χ1) is 6.53. The minimum Gasteiger partial charge on any atom is -0.341 e. The van der Waals surface area contributed by atoms with Gasteiger partial charge in [0.25, 0.3) is 5.91 Å². The van der Waals surface area contributed by atoms with Gasteiger partial charge in [-0.1, -0.05) is 0 Å². The molecule has 0 saturated carbocycles. The van der Waals surface area contributed by atoms with Crippen molar-refractivity contribution in [2.75, 3.05) is 11.5 Å². The van der Waals surface area contributed by atoms with Gasteiger partial charge in [-0.15, -0.1) is 0 Å². The number of hydrogen-bond donors (Lipinski definition) is 1. The summed E-state index contributed by atoms with van der Waals surface area (Å²) in [6.45, 7) is 0. The van der Waals surface area contributed by atoms with Gasteiger partial charge in [-0.3, -0.25) is 4.79 Å². The highest BCUT2D eigenvalue weighted by molar-refractivity contribution is 9.12. The average molecular weight is 280 g/mol. The zero-order valence-electron chi connectivity index (χ0n) is 7.42. The van der Waals surface area contributed by atoms with Crippen molar-refractivity contribution < 1.29 is 13.2 Å². The lowest BCUT2D eigenvalue weighted by atomic mass is 10.2. The molecule has 0 aromatic rings. The maximum absolute atomic E-state index is 11.2. The van der Waals surface area contributed by atoms with E-state index < -0.39 is 15.7 Å². The van der Waals surface area contributed by atoms with E-state index in [4.69, 9.17) is 0 Å². The van der Waals surface area contributed by atoms with E-state index in [9.17, 15) is 13.2 Å². The average Bonchev–Trinajstić information content (AvgIpc) is 2.02. The first-order valence-electron chi connectivity index (χ1n) is 4.16. The molecule has 0 radical (unpaired) electrons. The van der Waals surface area contributed by atoms with Gasteiger partial charge in [-0.05, 0) is 17.7 Å². The summed E-state index contributed by atoms with van der Waals surface area (Å²) in [6.07, 6.45) is 1.31. The molecule has 1 N–H and O–H groups in total. The molecule has 1 rings (SSSR count). The molecule has 1 aliphatic rings. The fourth-order valence-electron chi connectivity index (χ4n) is 1.40. The zero-order chi connectivity index (χ0) is 10.6. The first kappa shape index (κ1) is 11.5. The Labute approximate surface area is 91.5 Å². The molecule has 1 amide bonds. The van der Waals surface area contributed by atoms with Crippen LogP contribution in [0.5, 0.6) is 0 Å². The van der Waals surface area contributed by atoms with E-state index in [0.717, 1.165) is 0 Å². The third-order valence-electron chi connectivity index (χ3n) is 1.96. The predicted molar refractivity (Wildman–Crippen MR) is 56.5 cm³/mol. The quantitative estimate of drug-likeness (QED) is 0.690. The number of carbonyl (C=O) groups is 1. The lowest BCUT2D eigenvalue weighted by Gasteiger charge is -2.21. The highest BCUT2D eigenvalue weighted by atomic mass is 79.9. The molecule has 4 nitrogen and oxygen atoms in total. The second-order valence-corrected chi connectivity index (χ2v) is 5.77. The number of rotatable bonds is 1. The van der Waals surface area contributed by atoms with E-state index in [0.29, 0.717) is 12.8 Å². The summed E-state index contributed by atoms with van der Waals surface area (Å²) in [6, 6.07) is -0.283. The summed E-state index contributed by atoms with van der Waals surface area (Å²) in [5.74, 6) is 2.06. The number of halogens is 1. The van der Waals surface area contributed by atoms with Crippen LogP contribution in [0.1, 0.15) is 12.8 Å². The Balaban J connectivity index is 2.53. The minimum absolute atomic E-state index is 0.0305. The van der Waals surface area contributed by atoms with Crippen LogP contribution >= 0.6 is 15.9 Å². The van der Waals surface area contributed by atoms with Gasteiger partial charge in [0.15, 0.2) is 9.84 Å². The second kappa shape index (κ2) is 4.80. The number of hydrogen-bond acceptors (Lipinski definition) is 3. The number of nitrogens with one attached hydrogen (secondary N) is 1. The van der Waals surface area contributed by atoms with Crippen LogP contribution in [0.4, 0.5) is 0 Å². The minimum atomic E-state index is -2.97. The van der Waals surface area contributed by atoms with Crippen molar-refractivity contribution in [2.45, 2.75) is 18.9 Å². The first-order valence-corrected chi connectivity index (χ1v) is 6.77. The molecule has 0 bridgehead atoms. The predicted octanol–water partition coefficient (Wildman–Crippen LogP) is 0.0356. The maximum atomic E-state index is 11.2. The van der Waals surface area contributed by atoms with Crippen LogP contribution < -0.4 is 5.32 Å². The van der Waals surface area contributed by atoms with Gasteiger partial charge in [0, 0.05) is 27.9 Å². The molecule has 14 heavy (non-hydrogen) atoms. The van der Waals surface area contributed by atoms with Crippen molar-refractivity contribution in [1.29, 1.82) is 0 Å². The Morgan fingerprint density at radius 2 is 2.21 bits per heavy atom. The Kier molecular flexibility index (Phi) is 3.96. The lowest BCUT2D eigenvalue weighted by molar-refractivity contribution is -0.116. The summed E-state index contributed by atoms with van der Waals surface area (Å²) in [5.41, 5.74) is 0. The summed E-state index contributed by atoms with van der Waals surface area (Å²) < 4.78 is 22.4. The van der Waals surface area contributed by atoms with Crippen LogP contribution in [0.25, 0.3) is 0 Å². The normalized spacial score (nSPS) is 24.5. The molecule has 1 saturated heterocycles. The Hall–Kier alpha value is -0.540. The molecular formula is C8H10BrNO3S. The topological polar surface area (TPSA) is 63.2 Å². The molecule has 0 aromatic heterocycles. The van der Waals surface area contributed by atoms with Crippen molar-refractivity contribution in [2.24, 2.45) is 0 Å². The van der Waals surface area contributed by atoms with Crippen molar-refractivity contribution in [1.82, 2.24) is 5.32 Å². The van der Waals surface area contributed by atoms with Crippen molar-refractivity contribution >= 4 is 31.7 Å². The summed E-state index contributed by atoms with van der Waals surface area (Å²) in [7, 11) is -2.97. The molecule has 6 heteroatoms. The van der Waals surface area contributed by atoms with Crippen LogP contribution in [0.3, 0.4) is 0 Å². The van der Waals surface area contributed by atoms with Crippen molar-refractivity contribution in [3.63, 3.8) is 0 Å². The fraction of sp³-hybridized carbons (Fsp3) is 0.625. The van der Waals surface area contributed by atoms with Crippen LogP contribution in [-0.4, -0.2) is 31.9 Å². The van der Waals surface area contributed by atoms with E-state index in [-0.39, 0.29) is 17.5 Å². The molecule has 0 spiro atoms. The van der Waals surface area contributed by atoms with E-state index in [1.807, 2.05) is 0 Å². The monoisotopic (exact) mass is 279 g/mol. The highest BCUT2D eigenvalue weighted by Gasteiger charge is 2.25. The molecule has 1 atom stereocenters. The van der Waals surface area contributed by atoms with E-state index >= 15 is 0 Å². The van der Waals surface area contributed by atoms with Gasteiger partial charge in [-0.25, -0.2) is 8.42 Å². The molecule has 1 heterocycles. The number of amides is 1. The van der Waals surface area contributed by atoms with Gasteiger partial charge < -0.3 is 5.32 Å². The van der Waals surface area contributed by atoms with Gasteiger partial charge >= 0.3 is 0 Å². The molecule has 1 unspecified atom stereocenters. The Morgan fingerprint density at radius 3 is 2.79 bits per heavy atom. The van der Waals surface area contributed by atoms with Crippen LogP contribution in [0, 0.1) is 10.8 Å². The van der Waals surface area contributed by atoms with Gasteiger partial charge in [0.1, 0.15) is 0 Å². The molecule has 0 aromatic carbocycles. The van der Waals surface area contributed by atoms with Gasteiger partial charge in [-0.2, -0.15) is 0 Å². The summed E-state index contributed by atoms with van der Waals surface area (Å²) >= 11 is 2.80. The number of sulfone groups is 1. The van der Waals surface area contributed by atoms with Crippen LogP contribution in [-0.2, 0) is 14.6 Å². The lowest BCUT2D eigenvalue weighted by Crippen LogP contribution is -2.42. The second-order valence-electron chi connectivity index (χ2n) is 3.15. The van der Waals surface area contributed by atoms with Gasteiger partial charge in [0.05, 0.1) is 11.5 Å². The van der Waals surface area contributed by atoms with Crippen LogP contribution in [0.2, 0.25) is 0 Å². The third kappa shape index (κ3) is 3.68. The van der Waals surface area contributed by atoms with Crippen molar-refractivity contribution in [3.05, 3.63) is 0 Å².